The number of hydrogen-bond acceptors (Lipinski definition) is 4. The van der Waals surface area contributed by atoms with Crippen LogP contribution in [0.25, 0.3) is 11.0 Å². The number of hydrogen-bond donors (Lipinski definition) is 2. The van der Waals surface area contributed by atoms with E-state index in [1.165, 1.54) is 0 Å². The average molecular weight is 287 g/mol. The number of amides is 1. The number of oxime groups is 1. The van der Waals surface area contributed by atoms with Crippen LogP contribution in [0.1, 0.15) is 29.0 Å². The quantitative estimate of drug-likeness (QED) is 0.383. The number of nitrogens with zero attached hydrogens (tertiary/aromatic N) is 2. The zero-order valence-electron chi connectivity index (χ0n) is 11.7. The summed E-state index contributed by atoms with van der Waals surface area (Å²) in [5, 5.41) is 12.7. The lowest BCUT2D eigenvalue weighted by Crippen LogP contribution is -2.43. The SMILES string of the molecule is Cc1ccc2oc(C(=O)N3CCCC3C(N)=NO)cc2c1. The van der Waals surface area contributed by atoms with E-state index in [2.05, 4.69) is 5.16 Å². The summed E-state index contributed by atoms with van der Waals surface area (Å²) >= 11 is 0. The smallest absolute Gasteiger partial charge is 0.290 e. The van der Waals surface area contributed by atoms with E-state index < -0.39 is 0 Å². The van der Waals surface area contributed by atoms with Gasteiger partial charge in [0.15, 0.2) is 11.6 Å². The first kappa shape index (κ1) is 13.5. The molecule has 0 aliphatic carbocycles. The number of aryl methyl sites for hydroxylation is 1. The molecule has 0 bridgehead atoms. The van der Waals surface area contributed by atoms with Crippen molar-refractivity contribution in [3.05, 3.63) is 35.6 Å². The zero-order valence-corrected chi connectivity index (χ0v) is 11.7. The zero-order chi connectivity index (χ0) is 15.0. The first-order valence-electron chi connectivity index (χ1n) is 6.88. The molecule has 1 fully saturated rings. The average Bonchev–Trinajstić information content (AvgIpc) is 3.11. The summed E-state index contributed by atoms with van der Waals surface area (Å²) in [4.78, 5) is 14.2. The molecule has 0 spiro atoms. The molecule has 1 saturated heterocycles. The van der Waals surface area contributed by atoms with Crippen LogP contribution in [0.5, 0.6) is 0 Å². The highest BCUT2D eigenvalue weighted by Crippen LogP contribution is 2.25. The Bertz CT molecular complexity index is 720. The molecule has 3 rings (SSSR count). The van der Waals surface area contributed by atoms with Crippen LogP contribution in [-0.2, 0) is 0 Å². The summed E-state index contributed by atoms with van der Waals surface area (Å²) in [7, 11) is 0. The highest BCUT2D eigenvalue weighted by molar-refractivity contribution is 5.99. The van der Waals surface area contributed by atoms with Crippen molar-refractivity contribution in [1.82, 2.24) is 4.90 Å². The molecule has 1 aliphatic heterocycles. The third-order valence-corrected chi connectivity index (χ3v) is 3.85. The van der Waals surface area contributed by atoms with Crippen LogP contribution >= 0.6 is 0 Å². The fourth-order valence-corrected chi connectivity index (χ4v) is 2.79. The number of carbonyl (C=O) groups excluding carboxylic acids is 1. The molecule has 6 nitrogen and oxygen atoms in total. The highest BCUT2D eigenvalue weighted by Gasteiger charge is 2.33. The van der Waals surface area contributed by atoms with Crippen LogP contribution in [0.15, 0.2) is 33.8 Å². The van der Waals surface area contributed by atoms with Crippen molar-refractivity contribution in [3.8, 4) is 0 Å². The van der Waals surface area contributed by atoms with Crippen LogP contribution in [0, 0.1) is 6.92 Å². The summed E-state index contributed by atoms with van der Waals surface area (Å²) < 4.78 is 5.62. The number of benzene rings is 1. The molecule has 21 heavy (non-hydrogen) atoms. The van der Waals surface area contributed by atoms with Gasteiger partial charge in [0.2, 0.25) is 0 Å². The number of furan rings is 1. The molecule has 0 saturated carbocycles. The Hall–Kier alpha value is -2.50. The minimum absolute atomic E-state index is 0.0628. The van der Waals surface area contributed by atoms with E-state index in [1.807, 2.05) is 25.1 Å². The van der Waals surface area contributed by atoms with Crippen molar-refractivity contribution in [2.75, 3.05) is 6.54 Å². The Morgan fingerprint density at radius 1 is 1.48 bits per heavy atom. The minimum atomic E-state index is -0.363. The van der Waals surface area contributed by atoms with E-state index in [9.17, 15) is 4.79 Å². The van der Waals surface area contributed by atoms with Crippen LogP contribution in [0.2, 0.25) is 0 Å². The first-order chi connectivity index (χ1) is 10.1. The van der Waals surface area contributed by atoms with Crippen LogP contribution in [-0.4, -0.2) is 34.4 Å². The van der Waals surface area contributed by atoms with Crippen molar-refractivity contribution in [1.29, 1.82) is 0 Å². The number of fused-ring (bicyclic) bond motifs is 1. The second kappa shape index (κ2) is 5.12. The minimum Gasteiger partial charge on any atom is -0.451 e. The highest BCUT2D eigenvalue weighted by atomic mass is 16.4. The topological polar surface area (TPSA) is 92.1 Å². The maximum Gasteiger partial charge on any atom is 0.290 e. The van der Waals surface area contributed by atoms with E-state index in [0.717, 1.165) is 17.4 Å². The number of nitrogens with two attached hydrogens (primary N) is 1. The van der Waals surface area contributed by atoms with Gasteiger partial charge in [0.05, 0.1) is 6.04 Å². The summed E-state index contributed by atoms with van der Waals surface area (Å²) in [6.07, 6.45) is 1.52. The normalized spacial score (nSPS) is 19.4. The summed E-state index contributed by atoms with van der Waals surface area (Å²) in [6.45, 7) is 2.57. The van der Waals surface area contributed by atoms with Gasteiger partial charge in [0.25, 0.3) is 5.91 Å². The van der Waals surface area contributed by atoms with Crippen molar-refractivity contribution < 1.29 is 14.4 Å². The number of likely N-dealkylation sites (tertiary alicyclic amines) is 1. The van der Waals surface area contributed by atoms with Crippen molar-refractivity contribution >= 4 is 22.7 Å². The third kappa shape index (κ3) is 2.33. The Kier molecular flexibility index (Phi) is 3.29. The van der Waals surface area contributed by atoms with Gasteiger partial charge in [-0.1, -0.05) is 16.8 Å². The molecule has 6 heteroatoms. The van der Waals surface area contributed by atoms with Gasteiger partial charge in [-0.05, 0) is 38.0 Å². The molecule has 110 valence electrons. The van der Waals surface area contributed by atoms with Crippen molar-refractivity contribution in [2.45, 2.75) is 25.8 Å². The Labute approximate surface area is 121 Å². The Balaban J connectivity index is 1.92. The predicted molar refractivity (Wildman–Crippen MR) is 78.4 cm³/mol. The third-order valence-electron chi connectivity index (χ3n) is 3.85. The lowest BCUT2D eigenvalue weighted by molar-refractivity contribution is 0.0738. The molecule has 1 atom stereocenters. The van der Waals surface area contributed by atoms with E-state index >= 15 is 0 Å². The maximum absolute atomic E-state index is 12.6. The second-order valence-corrected chi connectivity index (χ2v) is 5.33. The molecule has 3 N–H and O–H groups in total. The van der Waals surface area contributed by atoms with E-state index in [0.29, 0.717) is 18.5 Å². The van der Waals surface area contributed by atoms with Crippen molar-refractivity contribution in [2.24, 2.45) is 10.9 Å². The lowest BCUT2D eigenvalue weighted by Gasteiger charge is -2.22. The van der Waals surface area contributed by atoms with Gasteiger partial charge >= 0.3 is 0 Å². The van der Waals surface area contributed by atoms with Crippen molar-refractivity contribution in [3.63, 3.8) is 0 Å². The van der Waals surface area contributed by atoms with Gasteiger partial charge < -0.3 is 20.3 Å². The number of amidine groups is 1. The summed E-state index contributed by atoms with van der Waals surface area (Å²) in [5.41, 5.74) is 7.45. The largest absolute Gasteiger partial charge is 0.451 e. The molecular formula is C15H17N3O3. The van der Waals surface area contributed by atoms with E-state index in [1.54, 1.807) is 11.0 Å². The Morgan fingerprint density at radius 2 is 2.29 bits per heavy atom. The molecular weight excluding hydrogens is 270 g/mol. The number of carbonyl (C=O) groups is 1. The summed E-state index contributed by atoms with van der Waals surface area (Å²) in [6, 6.07) is 7.15. The molecule has 2 heterocycles. The van der Waals surface area contributed by atoms with Crippen LogP contribution < -0.4 is 5.73 Å². The first-order valence-corrected chi connectivity index (χ1v) is 6.88. The molecule has 1 unspecified atom stereocenters. The summed E-state index contributed by atoms with van der Waals surface area (Å²) in [5.74, 6) is 0.124. The van der Waals surface area contributed by atoms with E-state index in [-0.39, 0.29) is 23.5 Å². The van der Waals surface area contributed by atoms with Gasteiger partial charge in [-0.2, -0.15) is 0 Å². The predicted octanol–water partition coefficient (Wildman–Crippen LogP) is 2.09. The molecule has 1 aromatic heterocycles. The molecule has 2 aromatic rings. The Morgan fingerprint density at radius 3 is 3.05 bits per heavy atom. The van der Waals surface area contributed by atoms with Gasteiger partial charge in [0, 0.05) is 11.9 Å². The number of rotatable bonds is 2. The van der Waals surface area contributed by atoms with Crippen LogP contribution in [0.3, 0.4) is 0 Å². The molecule has 1 aliphatic rings. The second-order valence-electron chi connectivity index (χ2n) is 5.33. The van der Waals surface area contributed by atoms with Gasteiger partial charge in [-0.15, -0.1) is 0 Å². The molecule has 1 aromatic carbocycles. The van der Waals surface area contributed by atoms with Gasteiger partial charge in [-0.25, -0.2) is 0 Å². The standard InChI is InChI=1S/C15H17N3O3/c1-9-4-5-12-10(7-9)8-13(21-12)15(19)18-6-2-3-11(18)14(16)17-20/h4-5,7-8,11,20H,2-3,6H2,1H3,(H2,16,17). The van der Waals surface area contributed by atoms with Gasteiger partial charge in [-0.3, -0.25) is 4.79 Å². The maximum atomic E-state index is 12.6. The van der Waals surface area contributed by atoms with Gasteiger partial charge in [0.1, 0.15) is 5.58 Å². The fraction of sp³-hybridized carbons (Fsp3) is 0.333. The van der Waals surface area contributed by atoms with E-state index in [4.69, 9.17) is 15.4 Å². The monoisotopic (exact) mass is 287 g/mol. The molecule has 1 amide bonds. The fourth-order valence-electron chi connectivity index (χ4n) is 2.79. The molecule has 0 radical (unpaired) electrons. The lowest BCUT2D eigenvalue weighted by atomic mass is 10.2. The van der Waals surface area contributed by atoms with Crippen LogP contribution in [0.4, 0.5) is 0 Å².